The summed E-state index contributed by atoms with van der Waals surface area (Å²) in [6.45, 7) is 0. The normalized spacial score (nSPS) is 20.9. The zero-order chi connectivity index (χ0) is 9.42. The Kier molecular flexibility index (Phi) is 1.74. The maximum Gasteiger partial charge on any atom is 0.153 e. The van der Waals surface area contributed by atoms with E-state index in [4.69, 9.17) is 0 Å². The number of nitrogens with zero attached hydrogens (tertiary/aromatic N) is 1. The largest absolute Gasteiger partial charge is 0.506 e. The average molecular weight is 177 g/mol. The van der Waals surface area contributed by atoms with Crippen LogP contribution < -0.4 is 0 Å². The predicted octanol–water partition coefficient (Wildman–Crippen LogP) is 1.48. The Hall–Kier alpha value is -1.48. The SMILES string of the molecule is CN1C=C(O)c2ccccc2C1O. The van der Waals surface area contributed by atoms with Gasteiger partial charge in [-0.05, 0) is 0 Å². The van der Waals surface area contributed by atoms with Crippen LogP contribution in [0.25, 0.3) is 5.76 Å². The summed E-state index contributed by atoms with van der Waals surface area (Å²) >= 11 is 0. The van der Waals surface area contributed by atoms with Crippen molar-refractivity contribution in [3.63, 3.8) is 0 Å². The van der Waals surface area contributed by atoms with E-state index in [2.05, 4.69) is 0 Å². The topological polar surface area (TPSA) is 43.7 Å². The first-order valence-corrected chi connectivity index (χ1v) is 4.10. The standard InChI is InChI=1S/C10H11NO2/c1-11-6-9(12)7-4-2-3-5-8(7)10(11)13/h2-6,10,12-13H,1H3. The Morgan fingerprint density at radius 2 is 2.00 bits per heavy atom. The lowest BCUT2D eigenvalue weighted by Crippen LogP contribution is -2.23. The van der Waals surface area contributed by atoms with Crippen molar-refractivity contribution in [2.45, 2.75) is 6.23 Å². The average Bonchev–Trinajstić information content (AvgIpc) is 2.15. The molecule has 0 saturated carbocycles. The van der Waals surface area contributed by atoms with Gasteiger partial charge in [-0.3, -0.25) is 0 Å². The van der Waals surface area contributed by atoms with Gasteiger partial charge in [0.1, 0.15) is 5.76 Å². The minimum absolute atomic E-state index is 0.198. The highest BCUT2D eigenvalue weighted by Gasteiger charge is 2.21. The van der Waals surface area contributed by atoms with Crippen LogP contribution in [0.15, 0.2) is 30.5 Å². The van der Waals surface area contributed by atoms with Crippen LogP contribution >= 0.6 is 0 Å². The third-order valence-corrected chi connectivity index (χ3v) is 2.23. The van der Waals surface area contributed by atoms with Crippen molar-refractivity contribution >= 4 is 5.76 Å². The Balaban J connectivity index is 2.58. The molecular weight excluding hydrogens is 166 g/mol. The fraction of sp³-hybridized carbons (Fsp3) is 0.200. The minimum Gasteiger partial charge on any atom is -0.506 e. The fourth-order valence-corrected chi connectivity index (χ4v) is 1.51. The minimum atomic E-state index is -0.660. The van der Waals surface area contributed by atoms with Crippen LogP contribution in [-0.4, -0.2) is 22.2 Å². The lowest BCUT2D eigenvalue weighted by Gasteiger charge is -2.28. The zero-order valence-corrected chi connectivity index (χ0v) is 7.31. The number of benzene rings is 1. The Bertz CT molecular complexity index is 360. The molecule has 2 rings (SSSR count). The molecule has 0 radical (unpaired) electrons. The van der Waals surface area contributed by atoms with Gasteiger partial charge in [0, 0.05) is 24.4 Å². The monoisotopic (exact) mass is 177 g/mol. The van der Waals surface area contributed by atoms with E-state index in [0.717, 1.165) is 5.56 Å². The van der Waals surface area contributed by atoms with Crippen molar-refractivity contribution in [3.05, 3.63) is 41.6 Å². The van der Waals surface area contributed by atoms with Crippen molar-refractivity contribution in [1.29, 1.82) is 0 Å². The maximum atomic E-state index is 9.72. The molecule has 13 heavy (non-hydrogen) atoms. The molecule has 0 aromatic heterocycles. The molecule has 1 unspecified atom stereocenters. The fourth-order valence-electron chi connectivity index (χ4n) is 1.51. The predicted molar refractivity (Wildman–Crippen MR) is 49.8 cm³/mol. The van der Waals surface area contributed by atoms with Gasteiger partial charge in [0.05, 0.1) is 0 Å². The molecule has 0 fully saturated rings. The van der Waals surface area contributed by atoms with E-state index in [1.807, 2.05) is 12.1 Å². The van der Waals surface area contributed by atoms with Gasteiger partial charge in [0.2, 0.25) is 0 Å². The van der Waals surface area contributed by atoms with Crippen LogP contribution in [0.2, 0.25) is 0 Å². The van der Waals surface area contributed by atoms with Crippen LogP contribution in [-0.2, 0) is 0 Å². The molecule has 1 aliphatic rings. The molecular formula is C10H11NO2. The zero-order valence-electron chi connectivity index (χ0n) is 7.31. The summed E-state index contributed by atoms with van der Waals surface area (Å²) in [5.74, 6) is 0.198. The van der Waals surface area contributed by atoms with Gasteiger partial charge in [-0.15, -0.1) is 0 Å². The Morgan fingerprint density at radius 1 is 1.31 bits per heavy atom. The summed E-state index contributed by atoms with van der Waals surface area (Å²) in [6.07, 6.45) is 0.861. The van der Waals surface area contributed by atoms with Crippen LogP contribution in [0.5, 0.6) is 0 Å². The second kappa shape index (κ2) is 2.78. The van der Waals surface area contributed by atoms with Gasteiger partial charge < -0.3 is 15.1 Å². The van der Waals surface area contributed by atoms with E-state index in [9.17, 15) is 10.2 Å². The second-order valence-corrected chi connectivity index (χ2v) is 3.14. The van der Waals surface area contributed by atoms with Crippen molar-refractivity contribution < 1.29 is 10.2 Å². The van der Waals surface area contributed by atoms with Crippen molar-refractivity contribution in [2.24, 2.45) is 0 Å². The summed E-state index contributed by atoms with van der Waals surface area (Å²) in [5.41, 5.74) is 1.44. The molecule has 0 spiro atoms. The van der Waals surface area contributed by atoms with Crippen LogP contribution in [0, 0.1) is 0 Å². The summed E-state index contributed by atoms with van der Waals surface area (Å²) in [4.78, 5) is 1.57. The Labute approximate surface area is 76.5 Å². The molecule has 1 heterocycles. The highest BCUT2D eigenvalue weighted by molar-refractivity contribution is 5.63. The van der Waals surface area contributed by atoms with Crippen LogP contribution in [0.1, 0.15) is 17.4 Å². The van der Waals surface area contributed by atoms with Crippen LogP contribution in [0.3, 0.4) is 0 Å². The molecule has 1 atom stereocenters. The third-order valence-electron chi connectivity index (χ3n) is 2.23. The molecule has 68 valence electrons. The van der Waals surface area contributed by atoms with Crippen molar-refractivity contribution in [2.75, 3.05) is 7.05 Å². The quantitative estimate of drug-likeness (QED) is 0.630. The third kappa shape index (κ3) is 1.17. The van der Waals surface area contributed by atoms with Gasteiger partial charge in [-0.25, -0.2) is 0 Å². The molecule has 1 aliphatic heterocycles. The van der Waals surface area contributed by atoms with E-state index in [0.29, 0.717) is 5.56 Å². The molecule has 1 aromatic rings. The number of hydrogen-bond acceptors (Lipinski definition) is 3. The molecule has 0 amide bonds. The number of aliphatic hydroxyl groups excluding tert-OH is 2. The lowest BCUT2D eigenvalue weighted by molar-refractivity contribution is 0.0500. The number of hydrogen-bond donors (Lipinski definition) is 2. The van der Waals surface area contributed by atoms with E-state index in [1.165, 1.54) is 6.20 Å². The molecule has 2 N–H and O–H groups in total. The number of fused-ring (bicyclic) bond motifs is 1. The first-order chi connectivity index (χ1) is 6.20. The molecule has 1 aromatic carbocycles. The second-order valence-electron chi connectivity index (χ2n) is 3.14. The van der Waals surface area contributed by atoms with Crippen LogP contribution in [0.4, 0.5) is 0 Å². The van der Waals surface area contributed by atoms with E-state index < -0.39 is 6.23 Å². The van der Waals surface area contributed by atoms with Gasteiger partial charge in [0.15, 0.2) is 6.23 Å². The Morgan fingerprint density at radius 3 is 2.77 bits per heavy atom. The van der Waals surface area contributed by atoms with Crippen molar-refractivity contribution in [1.82, 2.24) is 4.90 Å². The van der Waals surface area contributed by atoms with E-state index >= 15 is 0 Å². The first-order valence-electron chi connectivity index (χ1n) is 4.10. The van der Waals surface area contributed by atoms with Gasteiger partial charge >= 0.3 is 0 Å². The lowest BCUT2D eigenvalue weighted by atomic mass is 10.0. The summed E-state index contributed by atoms with van der Waals surface area (Å²) in [5, 5.41) is 19.3. The van der Waals surface area contributed by atoms with Crippen molar-refractivity contribution in [3.8, 4) is 0 Å². The molecule has 3 heteroatoms. The first kappa shape index (κ1) is 8.13. The highest BCUT2D eigenvalue weighted by atomic mass is 16.3. The summed E-state index contributed by atoms with van der Waals surface area (Å²) < 4.78 is 0. The number of aliphatic hydroxyl groups is 2. The maximum absolute atomic E-state index is 9.72. The van der Waals surface area contributed by atoms with Gasteiger partial charge in [-0.2, -0.15) is 0 Å². The summed E-state index contributed by atoms with van der Waals surface area (Å²) in [6, 6.07) is 7.27. The smallest absolute Gasteiger partial charge is 0.153 e. The van der Waals surface area contributed by atoms with E-state index in [1.54, 1.807) is 24.1 Å². The molecule has 0 aliphatic carbocycles. The van der Waals surface area contributed by atoms with E-state index in [-0.39, 0.29) is 5.76 Å². The molecule has 0 saturated heterocycles. The summed E-state index contributed by atoms with van der Waals surface area (Å²) in [7, 11) is 1.72. The molecule has 3 nitrogen and oxygen atoms in total. The number of rotatable bonds is 0. The van der Waals surface area contributed by atoms with Gasteiger partial charge in [0.25, 0.3) is 0 Å². The van der Waals surface area contributed by atoms with Gasteiger partial charge in [-0.1, -0.05) is 24.3 Å². The highest BCUT2D eigenvalue weighted by Crippen LogP contribution is 2.30. The molecule has 0 bridgehead atoms.